The van der Waals surface area contributed by atoms with E-state index < -0.39 is 11.6 Å². The Morgan fingerprint density at radius 2 is 1.86 bits per heavy atom. The molecule has 2 heterocycles. The van der Waals surface area contributed by atoms with Gasteiger partial charge in [-0.05, 0) is 49.9 Å². The number of hydrogen-bond acceptors (Lipinski definition) is 6. The SMILES string of the molecule is CCC(C)(C)NC(=O)[C@@H](c1cccs1)N(Cc1ccccc1OC)C(=O)Cn1nnc2ccccc21. The van der Waals surface area contributed by atoms with E-state index in [-0.39, 0.29) is 24.9 Å². The molecule has 0 bridgehead atoms. The summed E-state index contributed by atoms with van der Waals surface area (Å²) in [5.41, 5.74) is 1.85. The van der Waals surface area contributed by atoms with Crippen molar-refractivity contribution in [2.45, 2.75) is 51.9 Å². The number of carbonyl (C=O) groups is 2. The number of aromatic nitrogens is 3. The summed E-state index contributed by atoms with van der Waals surface area (Å²) in [6.45, 7) is 6.11. The van der Waals surface area contributed by atoms with Crippen LogP contribution in [0.1, 0.15) is 43.7 Å². The third-order valence-electron chi connectivity index (χ3n) is 6.28. The summed E-state index contributed by atoms with van der Waals surface area (Å²) in [6, 6.07) is 18.0. The smallest absolute Gasteiger partial charge is 0.248 e. The Morgan fingerprint density at radius 1 is 1.11 bits per heavy atom. The van der Waals surface area contributed by atoms with Gasteiger partial charge in [-0.3, -0.25) is 9.59 Å². The molecule has 0 aliphatic heterocycles. The molecule has 0 aliphatic carbocycles. The van der Waals surface area contributed by atoms with Gasteiger partial charge in [0.25, 0.3) is 0 Å². The normalized spacial score (nSPS) is 12.3. The molecule has 0 saturated carbocycles. The van der Waals surface area contributed by atoms with Gasteiger partial charge in [-0.2, -0.15) is 0 Å². The lowest BCUT2D eigenvalue weighted by atomic mass is 10.0. The molecular weight excluding hydrogens is 474 g/mol. The van der Waals surface area contributed by atoms with E-state index >= 15 is 0 Å². The average Bonchev–Trinajstić information content (AvgIpc) is 3.54. The fourth-order valence-corrected chi connectivity index (χ4v) is 4.79. The van der Waals surface area contributed by atoms with Gasteiger partial charge < -0.3 is 15.0 Å². The number of methoxy groups -OCH3 is 1. The van der Waals surface area contributed by atoms with Crippen LogP contribution < -0.4 is 10.1 Å². The van der Waals surface area contributed by atoms with Crippen molar-refractivity contribution in [2.24, 2.45) is 0 Å². The van der Waals surface area contributed by atoms with Crippen LogP contribution >= 0.6 is 11.3 Å². The summed E-state index contributed by atoms with van der Waals surface area (Å²) in [5, 5.41) is 13.4. The van der Waals surface area contributed by atoms with Crippen LogP contribution in [0.3, 0.4) is 0 Å². The maximum absolute atomic E-state index is 14.0. The highest BCUT2D eigenvalue weighted by atomic mass is 32.1. The monoisotopic (exact) mass is 505 g/mol. The summed E-state index contributed by atoms with van der Waals surface area (Å²) in [7, 11) is 1.60. The van der Waals surface area contributed by atoms with Crippen LogP contribution in [0.2, 0.25) is 0 Å². The van der Waals surface area contributed by atoms with Crippen LogP contribution in [-0.4, -0.2) is 44.4 Å². The van der Waals surface area contributed by atoms with Crippen LogP contribution in [0.25, 0.3) is 11.0 Å². The number of carbonyl (C=O) groups excluding carboxylic acids is 2. The van der Waals surface area contributed by atoms with Crippen molar-refractivity contribution < 1.29 is 14.3 Å². The van der Waals surface area contributed by atoms with Crippen molar-refractivity contribution >= 4 is 34.2 Å². The van der Waals surface area contributed by atoms with Gasteiger partial charge >= 0.3 is 0 Å². The first kappa shape index (κ1) is 25.4. The van der Waals surface area contributed by atoms with Crippen LogP contribution in [-0.2, 0) is 22.7 Å². The minimum absolute atomic E-state index is 0.0536. The first-order valence-electron chi connectivity index (χ1n) is 11.9. The van der Waals surface area contributed by atoms with Gasteiger partial charge in [0.1, 0.15) is 23.9 Å². The second-order valence-electron chi connectivity index (χ2n) is 9.21. The molecule has 2 amide bonds. The Bertz CT molecular complexity index is 1330. The lowest BCUT2D eigenvalue weighted by molar-refractivity contribution is -0.142. The Morgan fingerprint density at radius 3 is 2.58 bits per heavy atom. The number of nitrogens with one attached hydrogen (secondary N) is 1. The number of benzene rings is 2. The van der Waals surface area contributed by atoms with E-state index in [0.717, 1.165) is 22.4 Å². The van der Waals surface area contributed by atoms with Crippen molar-refractivity contribution in [1.29, 1.82) is 0 Å². The molecule has 8 nitrogen and oxygen atoms in total. The first-order valence-corrected chi connectivity index (χ1v) is 12.8. The zero-order valence-corrected chi connectivity index (χ0v) is 21.8. The number of amides is 2. The fourth-order valence-electron chi connectivity index (χ4n) is 3.96. The molecule has 1 atom stereocenters. The highest BCUT2D eigenvalue weighted by Crippen LogP contribution is 2.31. The molecule has 0 spiro atoms. The molecule has 0 unspecified atom stereocenters. The van der Waals surface area contributed by atoms with Crippen LogP contribution in [0.5, 0.6) is 5.75 Å². The number of thiophene rings is 1. The van der Waals surface area contributed by atoms with E-state index in [9.17, 15) is 9.59 Å². The van der Waals surface area contributed by atoms with E-state index in [2.05, 4.69) is 15.6 Å². The Labute approximate surface area is 214 Å². The molecule has 4 rings (SSSR count). The van der Waals surface area contributed by atoms with Gasteiger partial charge in [0.05, 0.1) is 19.2 Å². The van der Waals surface area contributed by atoms with E-state index in [4.69, 9.17) is 4.74 Å². The van der Waals surface area contributed by atoms with E-state index in [0.29, 0.717) is 11.3 Å². The number of ether oxygens (including phenoxy) is 1. The molecule has 0 fully saturated rings. The molecule has 4 aromatic rings. The van der Waals surface area contributed by atoms with Gasteiger partial charge in [-0.15, -0.1) is 16.4 Å². The number of fused-ring (bicyclic) bond motifs is 1. The minimum Gasteiger partial charge on any atom is -0.496 e. The molecule has 2 aromatic heterocycles. The molecule has 188 valence electrons. The molecular formula is C27H31N5O3S. The second-order valence-corrected chi connectivity index (χ2v) is 10.2. The Balaban J connectivity index is 1.75. The lowest BCUT2D eigenvalue weighted by Crippen LogP contribution is -2.50. The minimum atomic E-state index is -0.817. The summed E-state index contributed by atoms with van der Waals surface area (Å²) < 4.78 is 7.13. The topological polar surface area (TPSA) is 89.4 Å². The van der Waals surface area contributed by atoms with Crippen molar-refractivity contribution in [3.05, 3.63) is 76.5 Å². The van der Waals surface area contributed by atoms with Gasteiger partial charge in [0.15, 0.2) is 0 Å². The van der Waals surface area contributed by atoms with Gasteiger partial charge in [-0.25, -0.2) is 4.68 Å². The zero-order valence-electron chi connectivity index (χ0n) is 21.0. The van der Waals surface area contributed by atoms with Gasteiger partial charge in [0.2, 0.25) is 11.8 Å². The summed E-state index contributed by atoms with van der Waals surface area (Å²) in [4.78, 5) is 30.1. The van der Waals surface area contributed by atoms with Crippen molar-refractivity contribution in [1.82, 2.24) is 25.2 Å². The second kappa shape index (κ2) is 10.9. The van der Waals surface area contributed by atoms with Gasteiger partial charge in [0, 0.05) is 16.0 Å². The quantitative estimate of drug-likeness (QED) is 0.341. The van der Waals surface area contributed by atoms with E-state index in [1.807, 2.05) is 86.8 Å². The zero-order chi connectivity index (χ0) is 25.7. The van der Waals surface area contributed by atoms with E-state index in [1.165, 1.54) is 11.3 Å². The standard InChI is InChI=1S/C27H31N5O3S/c1-5-27(2,3)28-26(34)25(23-15-10-16-36-23)31(17-19-11-6-9-14-22(19)35-4)24(33)18-32-21-13-8-7-12-20(21)29-30-32/h6-16,25H,5,17-18H2,1-4H3,(H,28,34)/t25-/m1/s1. The predicted octanol–water partition coefficient (Wildman–Crippen LogP) is 4.58. The van der Waals surface area contributed by atoms with Gasteiger partial charge in [-0.1, -0.05) is 48.5 Å². The molecule has 0 saturated heterocycles. The molecule has 9 heteroatoms. The molecule has 0 radical (unpaired) electrons. The van der Waals surface area contributed by atoms with Crippen LogP contribution in [0.4, 0.5) is 0 Å². The largest absolute Gasteiger partial charge is 0.496 e. The molecule has 36 heavy (non-hydrogen) atoms. The number of nitrogens with zero attached hydrogens (tertiary/aromatic N) is 4. The first-order chi connectivity index (χ1) is 17.3. The number of hydrogen-bond donors (Lipinski definition) is 1. The summed E-state index contributed by atoms with van der Waals surface area (Å²) >= 11 is 1.45. The number of rotatable bonds is 10. The van der Waals surface area contributed by atoms with E-state index in [1.54, 1.807) is 16.7 Å². The van der Waals surface area contributed by atoms with Crippen molar-refractivity contribution in [3.63, 3.8) is 0 Å². The van der Waals surface area contributed by atoms with Crippen molar-refractivity contribution in [3.8, 4) is 5.75 Å². The Kier molecular flexibility index (Phi) is 7.69. The maximum atomic E-state index is 14.0. The highest BCUT2D eigenvalue weighted by Gasteiger charge is 2.35. The summed E-state index contributed by atoms with van der Waals surface area (Å²) in [5.74, 6) is 0.177. The fraction of sp³-hybridized carbons (Fsp3) is 0.333. The van der Waals surface area contributed by atoms with Crippen LogP contribution in [0, 0.1) is 0 Å². The lowest BCUT2D eigenvalue weighted by Gasteiger charge is -2.34. The van der Waals surface area contributed by atoms with Crippen LogP contribution in [0.15, 0.2) is 66.0 Å². The third kappa shape index (κ3) is 5.57. The summed E-state index contributed by atoms with van der Waals surface area (Å²) in [6.07, 6.45) is 0.751. The number of para-hydroxylation sites is 2. The Hall–Kier alpha value is -3.72. The van der Waals surface area contributed by atoms with Crippen molar-refractivity contribution in [2.75, 3.05) is 7.11 Å². The maximum Gasteiger partial charge on any atom is 0.248 e. The third-order valence-corrected chi connectivity index (χ3v) is 7.20. The average molecular weight is 506 g/mol. The molecule has 1 N–H and O–H groups in total. The molecule has 2 aromatic carbocycles. The predicted molar refractivity (Wildman–Crippen MR) is 141 cm³/mol. The molecule has 0 aliphatic rings. The highest BCUT2D eigenvalue weighted by molar-refractivity contribution is 7.10.